The molecule has 0 aliphatic carbocycles. The van der Waals surface area contributed by atoms with Crippen LogP contribution in [0.1, 0.15) is 21.5 Å². The number of anilines is 1. The van der Waals surface area contributed by atoms with Gasteiger partial charge in [0.05, 0.1) is 42.5 Å². The van der Waals surface area contributed by atoms with Crippen LogP contribution in [0.3, 0.4) is 0 Å². The highest BCUT2D eigenvalue weighted by Crippen LogP contribution is 2.27. The molecule has 29 heavy (non-hydrogen) atoms. The van der Waals surface area contributed by atoms with Crippen LogP contribution in [-0.2, 0) is 14.8 Å². The Kier molecular flexibility index (Phi) is 6.17. The average Bonchev–Trinajstić information content (AvgIpc) is 2.74. The second-order valence-corrected chi connectivity index (χ2v) is 8.41. The fourth-order valence-electron chi connectivity index (χ4n) is 3.01. The summed E-state index contributed by atoms with van der Waals surface area (Å²) in [5.74, 6) is -0.0954. The maximum Gasteiger partial charge on any atom is 0.256 e. The first kappa shape index (κ1) is 20.8. The van der Waals surface area contributed by atoms with Crippen LogP contribution in [0.25, 0.3) is 0 Å². The maximum absolute atomic E-state index is 12.9. The number of amides is 1. The van der Waals surface area contributed by atoms with Crippen LogP contribution in [0, 0.1) is 18.3 Å². The minimum absolute atomic E-state index is 0.0490. The lowest BCUT2D eigenvalue weighted by molar-refractivity contribution is 0.0730. The fourth-order valence-corrected chi connectivity index (χ4v) is 4.44. The second kappa shape index (κ2) is 8.61. The molecule has 0 bridgehead atoms. The van der Waals surface area contributed by atoms with E-state index < -0.39 is 15.9 Å². The van der Waals surface area contributed by atoms with Gasteiger partial charge in [-0.3, -0.25) is 4.79 Å². The van der Waals surface area contributed by atoms with Gasteiger partial charge in [0.25, 0.3) is 5.91 Å². The van der Waals surface area contributed by atoms with Crippen molar-refractivity contribution in [3.8, 4) is 11.8 Å². The Morgan fingerprint density at radius 1 is 1.21 bits per heavy atom. The average molecular weight is 415 g/mol. The fraction of sp³-hybridized carbons (Fsp3) is 0.300. The Morgan fingerprint density at radius 2 is 1.93 bits per heavy atom. The monoisotopic (exact) mass is 415 g/mol. The van der Waals surface area contributed by atoms with Crippen LogP contribution in [0.2, 0.25) is 0 Å². The van der Waals surface area contributed by atoms with Crippen LogP contribution in [-0.4, -0.2) is 52.0 Å². The van der Waals surface area contributed by atoms with Crippen LogP contribution < -0.4 is 10.1 Å². The second-order valence-electron chi connectivity index (χ2n) is 6.47. The number of ether oxygens (including phenoxy) is 2. The van der Waals surface area contributed by atoms with Gasteiger partial charge in [0, 0.05) is 18.7 Å². The molecule has 152 valence electrons. The van der Waals surface area contributed by atoms with Crippen molar-refractivity contribution >= 4 is 21.6 Å². The normalized spacial score (nSPS) is 14.8. The number of carbonyl (C=O) groups is 1. The van der Waals surface area contributed by atoms with Gasteiger partial charge < -0.3 is 14.8 Å². The van der Waals surface area contributed by atoms with Crippen molar-refractivity contribution in [3.63, 3.8) is 0 Å². The number of rotatable bonds is 5. The van der Waals surface area contributed by atoms with Crippen molar-refractivity contribution in [2.24, 2.45) is 0 Å². The highest BCUT2D eigenvalue weighted by atomic mass is 32.2. The van der Waals surface area contributed by atoms with Gasteiger partial charge in [-0.2, -0.15) is 9.57 Å². The highest BCUT2D eigenvalue weighted by Gasteiger charge is 2.27. The summed E-state index contributed by atoms with van der Waals surface area (Å²) in [6.07, 6.45) is 0. The Bertz CT molecular complexity index is 1070. The van der Waals surface area contributed by atoms with Gasteiger partial charge >= 0.3 is 0 Å². The van der Waals surface area contributed by atoms with Gasteiger partial charge in [-0.05, 0) is 42.8 Å². The number of nitrogens with zero attached hydrogens (tertiary/aromatic N) is 2. The molecular weight excluding hydrogens is 394 g/mol. The topological polar surface area (TPSA) is 109 Å². The van der Waals surface area contributed by atoms with Gasteiger partial charge in [0.15, 0.2) is 0 Å². The van der Waals surface area contributed by atoms with Gasteiger partial charge in [-0.25, -0.2) is 8.42 Å². The number of nitrogens with one attached hydrogen (secondary N) is 1. The Morgan fingerprint density at radius 3 is 2.59 bits per heavy atom. The van der Waals surface area contributed by atoms with E-state index in [4.69, 9.17) is 14.7 Å². The summed E-state index contributed by atoms with van der Waals surface area (Å²) in [5.41, 5.74) is 1.54. The molecule has 1 heterocycles. The molecule has 0 radical (unpaired) electrons. The molecule has 0 spiro atoms. The minimum atomic E-state index is -3.73. The van der Waals surface area contributed by atoms with E-state index in [1.807, 2.05) is 6.07 Å². The predicted molar refractivity (Wildman–Crippen MR) is 106 cm³/mol. The molecule has 9 heteroatoms. The van der Waals surface area contributed by atoms with E-state index in [2.05, 4.69) is 5.32 Å². The molecule has 8 nitrogen and oxygen atoms in total. The van der Waals surface area contributed by atoms with Crippen molar-refractivity contribution in [2.45, 2.75) is 11.8 Å². The predicted octanol–water partition coefficient (Wildman–Crippen LogP) is 2.15. The summed E-state index contributed by atoms with van der Waals surface area (Å²) in [7, 11) is -2.27. The van der Waals surface area contributed by atoms with Crippen LogP contribution in [0.4, 0.5) is 5.69 Å². The van der Waals surface area contributed by atoms with Gasteiger partial charge in [-0.1, -0.05) is 6.07 Å². The molecule has 1 fully saturated rings. The van der Waals surface area contributed by atoms with Gasteiger partial charge in [0.2, 0.25) is 10.0 Å². The third kappa shape index (κ3) is 4.40. The van der Waals surface area contributed by atoms with Crippen LogP contribution >= 0.6 is 0 Å². The summed E-state index contributed by atoms with van der Waals surface area (Å²) in [4.78, 5) is 12.9. The molecular formula is C20H21N3O5S. The number of nitriles is 1. The van der Waals surface area contributed by atoms with Gasteiger partial charge in [-0.15, -0.1) is 0 Å². The summed E-state index contributed by atoms with van der Waals surface area (Å²) in [6, 6.07) is 11.1. The zero-order chi connectivity index (χ0) is 21.0. The Labute approximate surface area is 169 Å². The summed E-state index contributed by atoms with van der Waals surface area (Å²) in [5, 5.41) is 11.8. The first-order chi connectivity index (χ1) is 13.9. The summed E-state index contributed by atoms with van der Waals surface area (Å²) in [6.45, 7) is 2.95. The molecule has 0 saturated carbocycles. The van der Waals surface area contributed by atoms with E-state index in [-0.39, 0.29) is 23.5 Å². The van der Waals surface area contributed by atoms with E-state index >= 15 is 0 Å². The van der Waals surface area contributed by atoms with E-state index in [0.29, 0.717) is 35.8 Å². The third-order valence-electron chi connectivity index (χ3n) is 4.64. The molecule has 1 aliphatic rings. The van der Waals surface area contributed by atoms with Crippen molar-refractivity contribution < 1.29 is 22.7 Å². The lowest BCUT2D eigenvalue weighted by Crippen LogP contribution is -2.40. The lowest BCUT2D eigenvalue weighted by Gasteiger charge is -2.26. The minimum Gasteiger partial charge on any atom is -0.495 e. The van der Waals surface area contributed by atoms with Crippen molar-refractivity contribution in [1.82, 2.24) is 4.31 Å². The summed E-state index contributed by atoms with van der Waals surface area (Å²) < 4.78 is 37.6. The molecule has 1 saturated heterocycles. The molecule has 0 atom stereocenters. The molecule has 1 amide bonds. The van der Waals surface area contributed by atoms with E-state index in [0.717, 1.165) is 0 Å². The van der Waals surface area contributed by atoms with Crippen molar-refractivity contribution in [1.29, 1.82) is 5.26 Å². The molecule has 2 aromatic carbocycles. The number of carbonyl (C=O) groups excluding carboxylic acids is 1. The number of methoxy groups -OCH3 is 1. The zero-order valence-electron chi connectivity index (χ0n) is 16.1. The van der Waals surface area contributed by atoms with Crippen molar-refractivity contribution in [2.75, 3.05) is 38.7 Å². The number of sulfonamides is 1. The van der Waals surface area contributed by atoms with Crippen molar-refractivity contribution in [3.05, 3.63) is 53.1 Å². The van der Waals surface area contributed by atoms with E-state index in [1.165, 1.54) is 29.6 Å². The van der Waals surface area contributed by atoms with Crippen LogP contribution in [0.5, 0.6) is 5.75 Å². The number of hydrogen-bond donors (Lipinski definition) is 1. The molecule has 1 aliphatic heterocycles. The quantitative estimate of drug-likeness (QED) is 0.802. The molecule has 0 unspecified atom stereocenters. The number of aryl methyl sites for hydroxylation is 1. The first-order valence-electron chi connectivity index (χ1n) is 8.95. The largest absolute Gasteiger partial charge is 0.495 e. The van der Waals surface area contributed by atoms with E-state index in [1.54, 1.807) is 25.1 Å². The van der Waals surface area contributed by atoms with E-state index in [9.17, 15) is 13.2 Å². The third-order valence-corrected chi connectivity index (χ3v) is 6.53. The standard InChI is InChI=1S/C20H21N3O5S/c1-14-3-5-16(29(25,26)23-7-9-28-10-8-23)12-17(14)20(24)22-18-11-15(13-21)4-6-19(18)27-2/h3-6,11-12H,7-10H2,1-2H3,(H,22,24). The molecule has 3 rings (SSSR count). The first-order valence-corrected chi connectivity index (χ1v) is 10.4. The SMILES string of the molecule is COc1ccc(C#N)cc1NC(=O)c1cc(S(=O)(=O)N2CCOCC2)ccc1C. The molecule has 0 aromatic heterocycles. The number of benzene rings is 2. The Hall–Kier alpha value is -2.93. The van der Waals surface area contributed by atoms with Gasteiger partial charge in [0.1, 0.15) is 5.75 Å². The molecule has 2 aromatic rings. The number of hydrogen-bond acceptors (Lipinski definition) is 6. The summed E-state index contributed by atoms with van der Waals surface area (Å²) >= 11 is 0. The smallest absolute Gasteiger partial charge is 0.256 e. The van der Waals surface area contributed by atoms with Crippen LogP contribution in [0.15, 0.2) is 41.3 Å². The maximum atomic E-state index is 12.9. The Balaban J connectivity index is 1.92. The molecule has 1 N–H and O–H groups in total. The zero-order valence-corrected chi connectivity index (χ0v) is 17.0. The highest BCUT2D eigenvalue weighted by molar-refractivity contribution is 7.89. The lowest BCUT2D eigenvalue weighted by atomic mass is 10.1. The number of morpholine rings is 1.